The van der Waals surface area contributed by atoms with Gasteiger partial charge in [-0.1, -0.05) is 69.2 Å². The Kier molecular flexibility index (Phi) is 10.5. The van der Waals surface area contributed by atoms with Crippen molar-refractivity contribution in [3.63, 3.8) is 0 Å². The first-order valence-electron chi connectivity index (χ1n) is 19.3. The molecule has 6 rings (SSSR count). The number of rotatable bonds is 3. The van der Waals surface area contributed by atoms with Gasteiger partial charge in [0.2, 0.25) is 5.78 Å². The maximum absolute atomic E-state index is 14.9. The Labute approximate surface area is 314 Å². The van der Waals surface area contributed by atoms with E-state index in [0.29, 0.717) is 6.42 Å². The van der Waals surface area contributed by atoms with Gasteiger partial charge < -0.3 is 40.2 Å². The summed E-state index contributed by atoms with van der Waals surface area (Å²) in [6, 6.07) is -0.522. The zero-order chi connectivity index (χ0) is 38.9. The summed E-state index contributed by atoms with van der Waals surface area (Å²) in [6.45, 7) is 17.8. The first-order valence-corrected chi connectivity index (χ1v) is 19.3. The summed E-state index contributed by atoms with van der Waals surface area (Å²) in [6.07, 6.45) is 8.97. The summed E-state index contributed by atoms with van der Waals surface area (Å²) in [5.41, 5.74) is 5.83. The average Bonchev–Trinajstić information content (AvgIpc) is 3.32. The number of fused-ring (bicyclic) bond motifs is 4. The van der Waals surface area contributed by atoms with Crippen LogP contribution in [0.1, 0.15) is 88.0 Å². The summed E-state index contributed by atoms with van der Waals surface area (Å²) in [7, 11) is 1.30. The van der Waals surface area contributed by atoms with E-state index in [1.54, 1.807) is 0 Å². The molecule has 2 saturated heterocycles. The highest BCUT2D eigenvalue weighted by atomic mass is 16.7. The number of carbonyl (C=O) groups is 3. The van der Waals surface area contributed by atoms with Gasteiger partial charge in [0.15, 0.2) is 11.9 Å². The topological polar surface area (TPSA) is 167 Å². The lowest BCUT2D eigenvalue weighted by Crippen LogP contribution is -2.66. The lowest BCUT2D eigenvalue weighted by Gasteiger charge is -2.55. The van der Waals surface area contributed by atoms with Crippen molar-refractivity contribution in [1.82, 2.24) is 5.32 Å². The van der Waals surface area contributed by atoms with Gasteiger partial charge in [0, 0.05) is 41.5 Å². The van der Waals surface area contributed by atoms with Crippen molar-refractivity contribution in [2.75, 3.05) is 7.11 Å². The second-order valence-corrected chi connectivity index (χ2v) is 17.6. The molecule has 11 heteroatoms. The van der Waals surface area contributed by atoms with Gasteiger partial charge in [-0.3, -0.25) is 4.79 Å². The Bertz CT molecular complexity index is 1670. The molecule has 0 unspecified atom stereocenters. The fourth-order valence-corrected chi connectivity index (χ4v) is 10.8. The molecule has 4 aliphatic carbocycles. The van der Waals surface area contributed by atoms with Gasteiger partial charge in [0.25, 0.3) is 0 Å². The number of aliphatic hydroxyl groups excluding tert-OH is 2. The molecule has 2 aliphatic heterocycles. The third kappa shape index (κ3) is 6.53. The van der Waals surface area contributed by atoms with E-state index in [4.69, 9.17) is 24.7 Å². The van der Waals surface area contributed by atoms with Crippen LogP contribution in [0, 0.1) is 46.8 Å². The number of alkyl carbamates (subject to hydrolysis) is 1. The van der Waals surface area contributed by atoms with Gasteiger partial charge in [-0.15, -0.1) is 0 Å². The van der Waals surface area contributed by atoms with Crippen molar-refractivity contribution in [2.45, 2.75) is 130 Å². The van der Waals surface area contributed by atoms with Gasteiger partial charge in [-0.05, 0) is 76.7 Å². The molecular formula is C42H60N2O9. The molecule has 0 aromatic rings. The number of hydrogen-bond donors (Lipinski definition) is 4. The van der Waals surface area contributed by atoms with Crippen molar-refractivity contribution in [1.29, 1.82) is 0 Å². The fraction of sp³-hybridized carbons (Fsp3) is 0.690. The molecule has 53 heavy (non-hydrogen) atoms. The van der Waals surface area contributed by atoms with Gasteiger partial charge in [-0.25, -0.2) is 9.59 Å². The van der Waals surface area contributed by atoms with Crippen LogP contribution in [0.2, 0.25) is 0 Å². The molecule has 11 nitrogen and oxygen atoms in total. The highest BCUT2D eigenvalue weighted by molar-refractivity contribution is 6.26. The number of nitrogens with one attached hydrogen (secondary N) is 1. The molecule has 5 N–H and O–H groups in total. The monoisotopic (exact) mass is 736 g/mol. The van der Waals surface area contributed by atoms with E-state index >= 15 is 0 Å². The first kappa shape index (κ1) is 39.4. The Morgan fingerprint density at radius 1 is 1.00 bits per heavy atom. The Morgan fingerprint density at radius 3 is 2.34 bits per heavy atom. The maximum Gasteiger partial charge on any atom is 0.407 e. The third-order valence-electron chi connectivity index (χ3n) is 13.8. The molecule has 2 heterocycles. The van der Waals surface area contributed by atoms with E-state index in [2.05, 4.69) is 24.4 Å². The number of aliphatic hydroxyl groups is 2. The molecule has 1 amide bonds. The quantitative estimate of drug-likeness (QED) is 0.154. The summed E-state index contributed by atoms with van der Waals surface area (Å²) >= 11 is 0. The van der Waals surface area contributed by atoms with Gasteiger partial charge in [0.05, 0.1) is 31.5 Å². The van der Waals surface area contributed by atoms with Crippen molar-refractivity contribution in [3.05, 3.63) is 58.4 Å². The number of amides is 1. The van der Waals surface area contributed by atoms with Crippen molar-refractivity contribution >= 4 is 17.8 Å². The highest BCUT2D eigenvalue weighted by Crippen LogP contribution is 2.60. The van der Waals surface area contributed by atoms with Crippen LogP contribution in [0.15, 0.2) is 58.4 Å². The van der Waals surface area contributed by atoms with Crippen molar-refractivity contribution in [2.24, 2.45) is 52.6 Å². The fourth-order valence-electron chi connectivity index (χ4n) is 10.8. The molecule has 0 radical (unpaired) electrons. The van der Waals surface area contributed by atoms with Gasteiger partial charge >= 0.3 is 12.1 Å². The number of carbonyl (C=O) groups excluding carboxylic acids is 3. The number of hydrogen-bond acceptors (Lipinski definition) is 10. The molecule has 292 valence electrons. The summed E-state index contributed by atoms with van der Waals surface area (Å²) in [5.74, 6) is -3.02. The number of ether oxygens (including phenoxy) is 4. The molecule has 1 saturated carbocycles. The summed E-state index contributed by atoms with van der Waals surface area (Å²) in [4.78, 5) is 41.1. The Hall–Kier alpha value is -3.25. The lowest BCUT2D eigenvalue weighted by atomic mass is 9.49. The van der Waals surface area contributed by atoms with Crippen LogP contribution in [-0.2, 0) is 28.5 Å². The van der Waals surface area contributed by atoms with Gasteiger partial charge in [-0.2, -0.15) is 0 Å². The van der Waals surface area contributed by atoms with Crippen LogP contribution in [0.4, 0.5) is 4.79 Å². The SMILES string of the molecule is COC(=O)N[C@H]1[C@@H](C)O[C@@H](O[C@H]2CC=C(C)[C@@H]3C=C[C@@H]4[C@@H](O)[C@@H](C)C[C@H](C)[C@H]4[C@]3(C)C(O)=C3C(=O)O[C@]4(C[C@@H](C)C(C)=C[C@H]4C=C2C)C3=O)C[C@]1(C)N. The number of ketones is 1. The lowest BCUT2D eigenvalue weighted by molar-refractivity contribution is -0.224. The minimum Gasteiger partial charge on any atom is -0.511 e. The summed E-state index contributed by atoms with van der Waals surface area (Å²) in [5, 5.41) is 26.9. The molecule has 3 fully saturated rings. The Balaban J connectivity index is 1.48. The second kappa shape index (κ2) is 14.1. The van der Waals surface area contributed by atoms with E-state index in [0.717, 1.165) is 23.1 Å². The molecule has 15 atom stereocenters. The minimum atomic E-state index is -1.54. The zero-order valence-corrected chi connectivity index (χ0v) is 33.0. The van der Waals surface area contributed by atoms with Crippen LogP contribution in [0.5, 0.6) is 0 Å². The Morgan fingerprint density at radius 2 is 1.68 bits per heavy atom. The number of methoxy groups -OCH3 is 1. The third-order valence-corrected chi connectivity index (χ3v) is 13.8. The van der Waals surface area contributed by atoms with E-state index in [1.165, 1.54) is 7.11 Å². The number of esters is 1. The molecule has 2 bridgehead atoms. The maximum atomic E-state index is 14.9. The van der Waals surface area contributed by atoms with E-state index in [1.807, 2.05) is 73.6 Å². The molecule has 6 aliphatic rings. The van der Waals surface area contributed by atoms with Crippen LogP contribution < -0.4 is 11.1 Å². The van der Waals surface area contributed by atoms with E-state index in [-0.39, 0.29) is 53.8 Å². The second-order valence-electron chi connectivity index (χ2n) is 17.6. The van der Waals surface area contributed by atoms with Crippen molar-refractivity contribution < 1.29 is 43.5 Å². The normalized spacial score (nSPS) is 45.8. The largest absolute Gasteiger partial charge is 0.511 e. The number of nitrogens with two attached hydrogens (primary N) is 1. The van der Waals surface area contributed by atoms with Gasteiger partial charge in [0.1, 0.15) is 11.3 Å². The zero-order valence-electron chi connectivity index (χ0n) is 33.0. The first-order chi connectivity index (χ1) is 24.8. The number of allylic oxidation sites excluding steroid dienone is 4. The van der Waals surface area contributed by atoms with Crippen LogP contribution in [0.3, 0.4) is 0 Å². The smallest absolute Gasteiger partial charge is 0.407 e. The van der Waals surface area contributed by atoms with E-state index < -0.39 is 76.9 Å². The van der Waals surface area contributed by atoms with E-state index in [9.17, 15) is 24.6 Å². The number of Topliss-reactive ketones (excluding diaryl/α,β-unsaturated/α-hetero) is 1. The minimum absolute atomic E-state index is 0.0453. The van der Waals surface area contributed by atoms with Crippen LogP contribution >= 0.6 is 0 Å². The van der Waals surface area contributed by atoms with Crippen molar-refractivity contribution in [3.8, 4) is 0 Å². The standard InChI is InChI=1S/C42H60N2O9/c1-20-11-14-30(52-31-19-40(8,43)35(26(7)51-31)44-39(49)50-10)22(3)17-27-16-21(2)25(6)18-42(27)37(47)32(38(48)53-42)36(46)41(9)29(20)13-12-28-33(41)23(4)15-24(5)34(28)45/h11-13,16-17,23-31,33-35,45-46H,14-15,18-19,43H2,1-10H3,(H,44,49)/t23-,24-,25+,26+,27-,28-,29-,30-,31-,33+,34-,35-,40-,41+,42-/m0/s1. The average molecular weight is 737 g/mol. The van der Waals surface area contributed by atoms with Crippen LogP contribution in [-0.4, -0.2) is 77.0 Å². The molecule has 0 aromatic carbocycles. The van der Waals surface area contributed by atoms with Crippen LogP contribution in [0.25, 0.3) is 0 Å². The highest BCUT2D eigenvalue weighted by Gasteiger charge is 2.63. The molecule has 0 aromatic heterocycles. The summed E-state index contributed by atoms with van der Waals surface area (Å²) < 4.78 is 24.2. The molecular weight excluding hydrogens is 676 g/mol. The predicted octanol–water partition coefficient (Wildman–Crippen LogP) is 5.99. The predicted molar refractivity (Wildman–Crippen MR) is 199 cm³/mol. The molecule has 1 spiro atoms.